The van der Waals surface area contributed by atoms with Crippen LogP contribution < -0.4 is 4.90 Å². The van der Waals surface area contributed by atoms with Crippen LogP contribution in [-0.4, -0.2) is 29.7 Å². The van der Waals surface area contributed by atoms with Gasteiger partial charge in [-0.05, 0) is 30.3 Å². The number of pyridine rings is 1. The Morgan fingerprint density at radius 1 is 1.38 bits per heavy atom. The van der Waals surface area contributed by atoms with E-state index in [1.54, 1.807) is 25.2 Å². The van der Waals surface area contributed by atoms with Gasteiger partial charge in [-0.1, -0.05) is 17.9 Å². The molecule has 1 aromatic carbocycles. The van der Waals surface area contributed by atoms with E-state index in [0.29, 0.717) is 11.3 Å². The fourth-order valence-corrected chi connectivity index (χ4v) is 1.71. The van der Waals surface area contributed by atoms with Gasteiger partial charge in [-0.2, -0.15) is 0 Å². The highest BCUT2D eigenvalue weighted by Crippen LogP contribution is 2.16. The normalized spacial score (nSPS) is 9.67. The highest BCUT2D eigenvalue weighted by Gasteiger charge is 2.14. The fraction of sp³-hybridized carbons (Fsp3) is 0.125. The zero-order chi connectivity index (χ0) is 15.2. The Morgan fingerprint density at radius 2 is 2.19 bits per heavy atom. The molecule has 0 spiro atoms. The lowest BCUT2D eigenvalue weighted by molar-refractivity contribution is 0.0988. The van der Waals surface area contributed by atoms with E-state index in [1.165, 1.54) is 29.3 Å². The minimum Gasteiger partial charge on any atom is -0.384 e. The molecule has 0 saturated carbocycles. The summed E-state index contributed by atoms with van der Waals surface area (Å²) in [4.78, 5) is 17.6. The second-order valence-corrected chi connectivity index (χ2v) is 4.24. The largest absolute Gasteiger partial charge is 0.384 e. The highest BCUT2D eigenvalue weighted by molar-refractivity contribution is 6.04. The van der Waals surface area contributed by atoms with Crippen LogP contribution in [0.1, 0.15) is 16.1 Å². The summed E-state index contributed by atoms with van der Waals surface area (Å²) in [6.45, 7) is -0.233. The first-order valence-corrected chi connectivity index (χ1v) is 6.21. The number of rotatable bonds is 2. The molecule has 2 aromatic rings. The van der Waals surface area contributed by atoms with Gasteiger partial charge in [-0.3, -0.25) is 4.79 Å². The molecule has 0 atom stereocenters. The van der Waals surface area contributed by atoms with Crippen molar-refractivity contribution >= 4 is 11.6 Å². The first kappa shape index (κ1) is 14.7. The minimum absolute atomic E-state index is 0.233. The van der Waals surface area contributed by atoms with Crippen molar-refractivity contribution in [3.63, 3.8) is 0 Å². The molecule has 0 aliphatic carbocycles. The first-order chi connectivity index (χ1) is 10.1. The Kier molecular flexibility index (Phi) is 4.64. The zero-order valence-corrected chi connectivity index (χ0v) is 11.4. The van der Waals surface area contributed by atoms with Crippen LogP contribution in [-0.2, 0) is 0 Å². The van der Waals surface area contributed by atoms with E-state index in [2.05, 4.69) is 16.8 Å². The Labute approximate surface area is 121 Å². The van der Waals surface area contributed by atoms with Gasteiger partial charge in [0, 0.05) is 24.5 Å². The first-order valence-electron chi connectivity index (χ1n) is 6.21. The van der Waals surface area contributed by atoms with Gasteiger partial charge in [0.2, 0.25) is 0 Å². The van der Waals surface area contributed by atoms with E-state index < -0.39 is 5.82 Å². The van der Waals surface area contributed by atoms with Crippen LogP contribution in [0.25, 0.3) is 0 Å². The number of amides is 1. The van der Waals surface area contributed by atoms with Crippen LogP contribution in [0.4, 0.5) is 10.1 Å². The predicted octanol–water partition coefficient (Wildman–Crippen LogP) is 1.84. The lowest BCUT2D eigenvalue weighted by Gasteiger charge is -2.16. The van der Waals surface area contributed by atoms with E-state index in [9.17, 15) is 9.18 Å². The SMILES string of the molecule is CN(C(=O)c1ccc(C#CCO)cn1)c1cccc(F)c1. The van der Waals surface area contributed by atoms with Gasteiger partial charge in [-0.25, -0.2) is 9.37 Å². The molecule has 1 heterocycles. The summed E-state index contributed by atoms with van der Waals surface area (Å²) in [7, 11) is 1.55. The van der Waals surface area contributed by atoms with E-state index in [-0.39, 0.29) is 18.2 Å². The lowest BCUT2D eigenvalue weighted by atomic mass is 10.2. The summed E-state index contributed by atoms with van der Waals surface area (Å²) in [5, 5.41) is 8.61. The molecule has 0 unspecified atom stereocenters. The van der Waals surface area contributed by atoms with E-state index in [0.717, 1.165) is 0 Å². The molecular weight excluding hydrogens is 271 g/mol. The molecule has 0 aliphatic heterocycles. The second-order valence-electron chi connectivity index (χ2n) is 4.24. The van der Waals surface area contributed by atoms with Crippen LogP contribution in [0.3, 0.4) is 0 Å². The summed E-state index contributed by atoms with van der Waals surface area (Å²) < 4.78 is 13.2. The van der Waals surface area contributed by atoms with Crippen LogP contribution in [0.15, 0.2) is 42.6 Å². The maximum atomic E-state index is 13.2. The van der Waals surface area contributed by atoms with Crippen LogP contribution in [0.2, 0.25) is 0 Å². The summed E-state index contributed by atoms with van der Waals surface area (Å²) in [5.74, 6) is 4.44. The predicted molar refractivity (Wildman–Crippen MR) is 77.3 cm³/mol. The number of aliphatic hydroxyl groups excluding tert-OH is 1. The van der Waals surface area contributed by atoms with Crippen molar-refractivity contribution < 1.29 is 14.3 Å². The number of hydrogen-bond acceptors (Lipinski definition) is 3. The number of aromatic nitrogens is 1. The topological polar surface area (TPSA) is 53.4 Å². The van der Waals surface area contributed by atoms with Gasteiger partial charge in [0.15, 0.2) is 0 Å². The second kappa shape index (κ2) is 6.64. The van der Waals surface area contributed by atoms with Crippen molar-refractivity contribution in [3.8, 4) is 11.8 Å². The van der Waals surface area contributed by atoms with Gasteiger partial charge >= 0.3 is 0 Å². The van der Waals surface area contributed by atoms with Gasteiger partial charge in [0.05, 0.1) is 0 Å². The number of aliphatic hydroxyl groups is 1. The average molecular weight is 284 g/mol. The fourth-order valence-electron chi connectivity index (χ4n) is 1.71. The Morgan fingerprint density at radius 3 is 2.81 bits per heavy atom. The minimum atomic E-state index is -0.408. The quantitative estimate of drug-likeness (QED) is 0.856. The van der Waals surface area contributed by atoms with Crippen molar-refractivity contribution in [2.45, 2.75) is 0 Å². The number of nitrogens with zero attached hydrogens (tertiary/aromatic N) is 2. The van der Waals surface area contributed by atoms with E-state index in [1.807, 2.05) is 0 Å². The standard InChI is InChI=1S/C16H13FN2O2/c1-19(14-6-2-5-13(17)10-14)16(21)15-8-7-12(11-18-15)4-3-9-20/h2,5-8,10-11,20H,9H2,1H3. The summed E-state index contributed by atoms with van der Waals surface area (Å²) in [6.07, 6.45) is 1.45. The lowest BCUT2D eigenvalue weighted by Crippen LogP contribution is -2.27. The molecule has 4 nitrogen and oxygen atoms in total. The smallest absolute Gasteiger partial charge is 0.276 e. The van der Waals surface area contributed by atoms with Gasteiger partial charge in [0.1, 0.15) is 18.1 Å². The monoisotopic (exact) mass is 284 g/mol. The van der Waals surface area contributed by atoms with Crippen molar-refractivity contribution in [3.05, 3.63) is 59.7 Å². The van der Waals surface area contributed by atoms with Gasteiger partial charge < -0.3 is 10.0 Å². The maximum absolute atomic E-state index is 13.2. The van der Waals surface area contributed by atoms with Crippen molar-refractivity contribution in [2.24, 2.45) is 0 Å². The number of carbonyl (C=O) groups is 1. The molecule has 0 saturated heterocycles. The third kappa shape index (κ3) is 3.65. The number of carbonyl (C=O) groups excluding carboxylic acids is 1. The van der Waals surface area contributed by atoms with Gasteiger partial charge in [0.25, 0.3) is 5.91 Å². The third-order valence-corrected chi connectivity index (χ3v) is 2.79. The molecular formula is C16H13FN2O2. The number of benzene rings is 1. The molecule has 5 heteroatoms. The Hall–Kier alpha value is -2.71. The third-order valence-electron chi connectivity index (χ3n) is 2.79. The van der Waals surface area contributed by atoms with Crippen LogP contribution >= 0.6 is 0 Å². The summed E-state index contributed by atoms with van der Waals surface area (Å²) in [5.41, 5.74) is 1.29. The molecule has 2 rings (SSSR count). The van der Waals surface area contributed by atoms with Gasteiger partial charge in [-0.15, -0.1) is 0 Å². The number of hydrogen-bond donors (Lipinski definition) is 1. The van der Waals surface area contributed by atoms with Crippen molar-refractivity contribution in [1.29, 1.82) is 0 Å². The van der Waals surface area contributed by atoms with E-state index in [4.69, 9.17) is 5.11 Å². The zero-order valence-electron chi connectivity index (χ0n) is 11.4. The van der Waals surface area contributed by atoms with Crippen LogP contribution in [0.5, 0.6) is 0 Å². The summed E-state index contributed by atoms with van der Waals surface area (Å²) >= 11 is 0. The Balaban J connectivity index is 2.19. The number of halogens is 1. The summed E-state index contributed by atoms with van der Waals surface area (Å²) in [6, 6.07) is 8.95. The van der Waals surface area contributed by atoms with Crippen LogP contribution in [0, 0.1) is 17.7 Å². The van der Waals surface area contributed by atoms with Crippen molar-refractivity contribution in [1.82, 2.24) is 4.98 Å². The molecule has 1 aromatic heterocycles. The van der Waals surface area contributed by atoms with E-state index >= 15 is 0 Å². The molecule has 106 valence electrons. The highest BCUT2D eigenvalue weighted by atomic mass is 19.1. The van der Waals surface area contributed by atoms with Crippen molar-refractivity contribution in [2.75, 3.05) is 18.6 Å². The molecule has 1 amide bonds. The average Bonchev–Trinajstić information content (AvgIpc) is 2.52. The molecule has 0 fully saturated rings. The Bertz CT molecular complexity index is 702. The maximum Gasteiger partial charge on any atom is 0.276 e. The molecule has 1 N–H and O–H groups in total. The number of anilines is 1. The molecule has 0 radical (unpaired) electrons. The molecule has 0 bridgehead atoms. The molecule has 21 heavy (non-hydrogen) atoms. The molecule has 0 aliphatic rings.